The summed E-state index contributed by atoms with van der Waals surface area (Å²) in [6.45, 7) is 0.292. The third-order valence-electron chi connectivity index (χ3n) is 4.25. The lowest BCUT2D eigenvalue weighted by Crippen LogP contribution is -2.00. The summed E-state index contributed by atoms with van der Waals surface area (Å²) in [5.74, 6) is 0.785. The van der Waals surface area contributed by atoms with Gasteiger partial charge in [-0.1, -0.05) is 58.2 Å². The van der Waals surface area contributed by atoms with Crippen LogP contribution in [0.5, 0.6) is 11.5 Å². The van der Waals surface area contributed by atoms with Crippen LogP contribution in [0.4, 0.5) is 5.69 Å². The molecule has 10 heteroatoms. The highest BCUT2D eigenvalue weighted by Crippen LogP contribution is 2.37. The van der Waals surface area contributed by atoms with Crippen molar-refractivity contribution in [3.8, 4) is 11.5 Å². The van der Waals surface area contributed by atoms with E-state index in [0.717, 1.165) is 5.56 Å². The summed E-state index contributed by atoms with van der Waals surface area (Å²) in [7, 11) is 1.50. The molecule has 0 heterocycles. The normalized spacial score (nSPS) is 10.9. The van der Waals surface area contributed by atoms with E-state index in [9.17, 15) is 10.1 Å². The van der Waals surface area contributed by atoms with Crippen molar-refractivity contribution in [1.29, 1.82) is 0 Å². The minimum atomic E-state index is -0.466. The molecule has 0 aromatic heterocycles. The Kier molecular flexibility index (Phi) is 8.16. The minimum Gasteiger partial charge on any atom is -0.493 e. The van der Waals surface area contributed by atoms with Gasteiger partial charge in [0, 0.05) is 17.7 Å². The van der Waals surface area contributed by atoms with Gasteiger partial charge in [0.05, 0.1) is 33.3 Å². The number of oxime groups is 1. The Morgan fingerprint density at radius 1 is 0.969 bits per heavy atom. The lowest BCUT2D eigenvalue weighted by Gasteiger charge is -2.13. The number of nitro benzene ring substituents is 1. The zero-order chi connectivity index (χ0) is 23.1. The Morgan fingerprint density at radius 2 is 1.75 bits per heavy atom. The highest BCUT2D eigenvalue weighted by atomic mass is 35.5. The summed E-state index contributed by atoms with van der Waals surface area (Å²) >= 11 is 18.3. The van der Waals surface area contributed by atoms with Gasteiger partial charge in [-0.2, -0.15) is 0 Å². The number of non-ortho nitro benzene ring substituents is 1. The van der Waals surface area contributed by atoms with Crippen molar-refractivity contribution in [3.63, 3.8) is 0 Å². The fourth-order valence-electron chi connectivity index (χ4n) is 2.71. The molecule has 0 unspecified atom stereocenters. The summed E-state index contributed by atoms with van der Waals surface area (Å²) in [5, 5.41) is 15.9. The van der Waals surface area contributed by atoms with Gasteiger partial charge in [-0.15, -0.1) is 0 Å². The van der Waals surface area contributed by atoms with Gasteiger partial charge in [0.2, 0.25) is 0 Å². The van der Waals surface area contributed by atoms with Gasteiger partial charge in [0.15, 0.2) is 11.5 Å². The van der Waals surface area contributed by atoms with Crippen LogP contribution in [0.1, 0.15) is 16.7 Å². The first-order chi connectivity index (χ1) is 15.4. The number of hydrogen-bond acceptors (Lipinski definition) is 6. The van der Waals surface area contributed by atoms with Crippen LogP contribution in [0.3, 0.4) is 0 Å². The van der Waals surface area contributed by atoms with Gasteiger partial charge in [0.25, 0.3) is 5.69 Å². The number of methoxy groups -OCH3 is 1. The molecule has 0 radical (unpaired) electrons. The second-order valence-electron chi connectivity index (χ2n) is 6.51. The van der Waals surface area contributed by atoms with Crippen LogP contribution in [0.25, 0.3) is 0 Å². The van der Waals surface area contributed by atoms with Crippen molar-refractivity contribution in [1.82, 2.24) is 0 Å². The van der Waals surface area contributed by atoms with Crippen LogP contribution >= 0.6 is 34.8 Å². The van der Waals surface area contributed by atoms with Crippen molar-refractivity contribution in [2.75, 3.05) is 7.11 Å². The highest BCUT2D eigenvalue weighted by Gasteiger charge is 2.12. The van der Waals surface area contributed by atoms with Crippen molar-refractivity contribution in [2.24, 2.45) is 5.16 Å². The molecule has 0 aliphatic carbocycles. The topological polar surface area (TPSA) is 83.2 Å². The van der Waals surface area contributed by atoms with E-state index in [2.05, 4.69) is 5.16 Å². The Morgan fingerprint density at radius 3 is 2.47 bits per heavy atom. The average molecular weight is 496 g/mol. The second-order valence-corrected chi connectivity index (χ2v) is 7.73. The van der Waals surface area contributed by atoms with Gasteiger partial charge >= 0.3 is 0 Å². The molecule has 0 amide bonds. The quantitative estimate of drug-likeness (QED) is 0.187. The van der Waals surface area contributed by atoms with E-state index in [1.165, 1.54) is 25.5 Å². The Bertz CT molecular complexity index is 1150. The van der Waals surface area contributed by atoms with Gasteiger partial charge in [-0.3, -0.25) is 10.1 Å². The third kappa shape index (κ3) is 6.26. The van der Waals surface area contributed by atoms with E-state index in [1.807, 2.05) is 0 Å². The average Bonchev–Trinajstić information content (AvgIpc) is 2.78. The molecule has 0 spiro atoms. The molecule has 3 aromatic carbocycles. The summed E-state index contributed by atoms with van der Waals surface area (Å²) in [6.07, 6.45) is 1.45. The standard InChI is InChI=1S/C22H17Cl3N2O5/c1-30-21-10-16(11-26-32-13-14-3-2-4-17(7-14)27(28)29)9-20(25)22(21)31-12-15-5-6-18(23)19(24)8-15/h2-11H,12-13H2,1H3/b26-11-. The SMILES string of the molecule is COc1cc(/C=N\OCc2cccc([N+](=O)[O-])c2)cc(Cl)c1OCc1ccc(Cl)c(Cl)c1. The van der Waals surface area contributed by atoms with Crippen molar-refractivity contribution < 1.29 is 19.2 Å². The van der Waals surface area contributed by atoms with Crippen LogP contribution in [-0.4, -0.2) is 18.2 Å². The van der Waals surface area contributed by atoms with E-state index in [4.69, 9.17) is 49.1 Å². The number of ether oxygens (including phenoxy) is 2. The van der Waals surface area contributed by atoms with Crippen LogP contribution in [0.2, 0.25) is 15.1 Å². The molecule has 0 N–H and O–H groups in total. The molecular weight excluding hydrogens is 479 g/mol. The highest BCUT2D eigenvalue weighted by molar-refractivity contribution is 6.42. The fourth-order valence-corrected chi connectivity index (χ4v) is 3.30. The second kappa shape index (κ2) is 11.0. The van der Waals surface area contributed by atoms with Gasteiger partial charge in [0.1, 0.15) is 13.2 Å². The molecule has 0 fully saturated rings. The molecule has 0 bridgehead atoms. The van der Waals surface area contributed by atoms with Crippen molar-refractivity contribution in [3.05, 3.63) is 96.5 Å². The predicted octanol–water partition coefficient (Wildman–Crippen LogP) is 6.69. The molecule has 32 heavy (non-hydrogen) atoms. The minimum absolute atomic E-state index is 0.0111. The first-order valence-corrected chi connectivity index (χ1v) is 10.3. The molecule has 0 saturated carbocycles. The predicted molar refractivity (Wildman–Crippen MR) is 124 cm³/mol. The van der Waals surface area contributed by atoms with Crippen molar-refractivity contribution in [2.45, 2.75) is 13.2 Å². The molecular formula is C22H17Cl3N2O5. The van der Waals surface area contributed by atoms with Gasteiger partial charge < -0.3 is 14.3 Å². The van der Waals surface area contributed by atoms with Crippen LogP contribution in [-0.2, 0) is 18.1 Å². The Balaban J connectivity index is 1.65. The van der Waals surface area contributed by atoms with E-state index >= 15 is 0 Å². The van der Waals surface area contributed by atoms with Crippen LogP contribution in [0, 0.1) is 10.1 Å². The number of benzene rings is 3. The summed E-state index contributed by atoms with van der Waals surface area (Å²) in [6, 6.07) is 14.7. The first-order valence-electron chi connectivity index (χ1n) is 9.20. The van der Waals surface area contributed by atoms with E-state index < -0.39 is 4.92 Å². The number of nitro groups is 1. The van der Waals surface area contributed by atoms with Gasteiger partial charge in [-0.05, 0) is 35.4 Å². The first kappa shape index (κ1) is 23.7. The van der Waals surface area contributed by atoms with Crippen LogP contribution in [0.15, 0.2) is 59.8 Å². The zero-order valence-corrected chi connectivity index (χ0v) is 19.0. The third-order valence-corrected chi connectivity index (χ3v) is 5.27. The summed E-state index contributed by atoms with van der Waals surface area (Å²) in [4.78, 5) is 15.6. The molecule has 3 rings (SSSR count). The molecule has 0 aliphatic rings. The molecule has 0 aliphatic heterocycles. The summed E-state index contributed by atoms with van der Waals surface area (Å²) in [5.41, 5.74) is 2.05. The maximum absolute atomic E-state index is 10.8. The van der Waals surface area contributed by atoms with Gasteiger partial charge in [-0.25, -0.2) is 0 Å². The monoisotopic (exact) mass is 494 g/mol. The van der Waals surface area contributed by atoms with E-state index in [0.29, 0.717) is 37.7 Å². The Labute approximate surface area is 199 Å². The number of halogens is 3. The maximum atomic E-state index is 10.8. The lowest BCUT2D eigenvalue weighted by molar-refractivity contribution is -0.384. The van der Waals surface area contributed by atoms with E-state index in [-0.39, 0.29) is 18.9 Å². The van der Waals surface area contributed by atoms with E-state index in [1.54, 1.807) is 42.5 Å². The number of rotatable bonds is 9. The number of nitrogens with zero attached hydrogens (tertiary/aromatic N) is 2. The molecule has 7 nitrogen and oxygen atoms in total. The number of hydrogen-bond donors (Lipinski definition) is 0. The molecule has 0 atom stereocenters. The summed E-state index contributed by atoms with van der Waals surface area (Å²) < 4.78 is 11.2. The molecule has 0 saturated heterocycles. The van der Waals surface area contributed by atoms with Crippen LogP contribution < -0.4 is 9.47 Å². The molecule has 166 valence electrons. The Hall–Kier alpha value is -3.00. The zero-order valence-electron chi connectivity index (χ0n) is 16.8. The molecule has 3 aromatic rings. The maximum Gasteiger partial charge on any atom is 0.269 e. The largest absolute Gasteiger partial charge is 0.493 e. The van der Waals surface area contributed by atoms with Crippen molar-refractivity contribution >= 4 is 46.7 Å². The lowest BCUT2D eigenvalue weighted by atomic mass is 10.2. The smallest absolute Gasteiger partial charge is 0.269 e. The fraction of sp³-hybridized carbons (Fsp3) is 0.136.